The van der Waals surface area contributed by atoms with Crippen molar-refractivity contribution in [2.75, 3.05) is 6.61 Å². The smallest absolute Gasteiger partial charge is 0.302 e. The molecule has 0 saturated heterocycles. The lowest BCUT2D eigenvalue weighted by atomic mass is 10.1. The van der Waals surface area contributed by atoms with Crippen molar-refractivity contribution in [2.45, 2.75) is 25.2 Å². The van der Waals surface area contributed by atoms with Crippen molar-refractivity contribution < 1.29 is 24.5 Å². The first-order valence-corrected chi connectivity index (χ1v) is 3.93. The third kappa shape index (κ3) is 2.71. The average Bonchev–Trinajstić information content (AvgIpc) is 2.07. The summed E-state index contributed by atoms with van der Waals surface area (Å²) in [5, 5.41) is 18.5. The van der Waals surface area contributed by atoms with Crippen molar-refractivity contribution in [2.24, 2.45) is 0 Å². The van der Waals surface area contributed by atoms with Gasteiger partial charge in [-0.1, -0.05) is 0 Å². The Labute approximate surface area is 75.6 Å². The van der Waals surface area contributed by atoms with E-state index in [9.17, 15) is 9.90 Å². The van der Waals surface area contributed by atoms with Crippen molar-refractivity contribution in [3.05, 3.63) is 12.3 Å². The molecular weight excluding hydrogens is 176 g/mol. The molecule has 3 atom stereocenters. The molecule has 74 valence electrons. The lowest BCUT2D eigenvalue weighted by Gasteiger charge is -2.27. The van der Waals surface area contributed by atoms with Crippen LogP contribution in [0.15, 0.2) is 12.3 Å². The van der Waals surface area contributed by atoms with Crippen LogP contribution in [-0.2, 0) is 14.3 Å². The first-order valence-electron chi connectivity index (χ1n) is 3.93. The van der Waals surface area contributed by atoms with Gasteiger partial charge in [-0.15, -0.1) is 0 Å². The van der Waals surface area contributed by atoms with Crippen molar-refractivity contribution in [1.82, 2.24) is 0 Å². The number of aliphatic hydroxyl groups excluding tert-OH is 2. The van der Waals surface area contributed by atoms with Gasteiger partial charge in [0.15, 0.2) is 6.10 Å². The number of carbonyl (C=O) groups is 1. The number of esters is 1. The molecule has 5 nitrogen and oxygen atoms in total. The largest absolute Gasteiger partial charge is 0.492 e. The Morgan fingerprint density at radius 2 is 2.31 bits per heavy atom. The molecule has 0 aromatic heterocycles. The van der Waals surface area contributed by atoms with Gasteiger partial charge in [0.2, 0.25) is 0 Å². The summed E-state index contributed by atoms with van der Waals surface area (Å²) in [7, 11) is 0. The molecule has 0 bridgehead atoms. The minimum Gasteiger partial charge on any atom is -0.492 e. The minimum absolute atomic E-state index is 0.0576. The number of hydrogen-bond acceptors (Lipinski definition) is 5. The van der Waals surface area contributed by atoms with E-state index in [-0.39, 0.29) is 6.61 Å². The molecule has 0 aromatic rings. The van der Waals surface area contributed by atoms with Gasteiger partial charge in [0.25, 0.3) is 0 Å². The molecule has 0 aromatic carbocycles. The van der Waals surface area contributed by atoms with Crippen LogP contribution >= 0.6 is 0 Å². The maximum Gasteiger partial charge on any atom is 0.302 e. The molecule has 5 heteroatoms. The summed E-state index contributed by atoms with van der Waals surface area (Å²) in [5.41, 5.74) is 0. The highest BCUT2D eigenvalue weighted by molar-refractivity contribution is 5.65. The normalized spacial score (nSPS) is 32.4. The SMILES string of the molecule is CC(=O)OC[C@H]1OC=C[C@@H](O)[C@H]1O. The minimum atomic E-state index is -1.05. The zero-order valence-electron chi connectivity index (χ0n) is 7.21. The van der Waals surface area contributed by atoms with Gasteiger partial charge in [-0.2, -0.15) is 0 Å². The van der Waals surface area contributed by atoms with Crippen molar-refractivity contribution in [3.63, 3.8) is 0 Å². The van der Waals surface area contributed by atoms with Crippen LogP contribution < -0.4 is 0 Å². The maximum absolute atomic E-state index is 10.4. The van der Waals surface area contributed by atoms with Crippen LogP contribution in [0.1, 0.15) is 6.92 Å². The van der Waals surface area contributed by atoms with Gasteiger partial charge in [-0.05, 0) is 6.08 Å². The maximum atomic E-state index is 10.4. The fraction of sp³-hybridized carbons (Fsp3) is 0.625. The highest BCUT2D eigenvalue weighted by Gasteiger charge is 2.29. The Kier molecular flexibility index (Phi) is 3.27. The van der Waals surface area contributed by atoms with Crippen LogP contribution in [0.4, 0.5) is 0 Å². The lowest BCUT2D eigenvalue weighted by molar-refractivity contribution is -0.149. The molecule has 0 radical (unpaired) electrons. The second-order valence-corrected chi connectivity index (χ2v) is 2.79. The number of rotatable bonds is 2. The van der Waals surface area contributed by atoms with Gasteiger partial charge in [0, 0.05) is 6.92 Å². The third-order valence-corrected chi connectivity index (χ3v) is 1.71. The Morgan fingerprint density at radius 1 is 1.62 bits per heavy atom. The zero-order valence-corrected chi connectivity index (χ0v) is 7.21. The Hall–Kier alpha value is -1.07. The molecule has 0 aliphatic carbocycles. The van der Waals surface area contributed by atoms with Crippen LogP contribution in [-0.4, -0.2) is 41.1 Å². The molecule has 2 N–H and O–H groups in total. The van der Waals surface area contributed by atoms with Crippen molar-refractivity contribution >= 4 is 5.97 Å². The van der Waals surface area contributed by atoms with Crippen LogP contribution in [0, 0.1) is 0 Å². The average molecular weight is 188 g/mol. The van der Waals surface area contributed by atoms with E-state index in [0.717, 1.165) is 0 Å². The van der Waals surface area contributed by atoms with Crippen LogP contribution in [0.25, 0.3) is 0 Å². The Morgan fingerprint density at radius 3 is 2.92 bits per heavy atom. The van der Waals surface area contributed by atoms with E-state index in [2.05, 4.69) is 4.74 Å². The highest BCUT2D eigenvalue weighted by Crippen LogP contribution is 2.12. The summed E-state index contributed by atoms with van der Waals surface area (Å²) in [5.74, 6) is -0.445. The molecule has 0 saturated carbocycles. The lowest BCUT2D eigenvalue weighted by Crippen LogP contribution is -2.42. The molecule has 13 heavy (non-hydrogen) atoms. The van der Waals surface area contributed by atoms with Gasteiger partial charge in [0.05, 0.1) is 6.26 Å². The molecule has 1 aliphatic rings. The van der Waals surface area contributed by atoms with E-state index < -0.39 is 24.3 Å². The second-order valence-electron chi connectivity index (χ2n) is 2.79. The van der Waals surface area contributed by atoms with E-state index in [1.807, 2.05) is 0 Å². The monoisotopic (exact) mass is 188 g/mol. The van der Waals surface area contributed by atoms with Crippen LogP contribution in [0.5, 0.6) is 0 Å². The van der Waals surface area contributed by atoms with Gasteiger partial charge >= 0.3 is 5.97 Å². The van der Waals surface area contributed by atoms with E-state index in [4.69, 9.17) is 9.84 Å². The molecular formula is C8H12O5. The fourth-order valence-corrected chi connectivity index (χ4v) is 0.978. The summed E-state index contributed by atoms with van der Waals surface area (Å²) in [6.45, 7) is 1.21. The van der Waals surface area contributed by atoms with Gasteiger partial charge in [-0.25, -0.2) is 0 Å². The second kappa shape index (κ2) is 4.25. The molecule has 0 spiro atoms. The standard InChI is InChI=1S/C8H12O5/c1-5(9)13-4-7-8(11)6(10)2-3-12-7/h2-3,6-8,10-11H,4H2,1H3/t6-,7-,8-/m1/s1. The molecule has 1 rings (SSSR count). The molecule has 1 heterocycles. The highest BCUT2D eigenvalue weighted by atomic mass is 16.6. The van der Waals surface area contributed by atoms with E-state index in [1.54, 1.807) is 0 Å². The predicted octanol–water partition coefficient (Wildman–Crippen LogP) is -0.816. The van der Waals surface area contributed by atoms with Gasteiger partial charge < -0.3 is 19.7 Å². The summed E-state index contributed by atoms with van der Waals surface area (Å²) in [6.07, 6.45) is -0.0944. The van der Waals surface area contributed by atoms with Crippen molar-refractivity contribution in [1.29, 1.82) is 0 Å². The quantitative estimate of drug-likeness (QED) is 0.554. The summed E-state index contributed by atoms with van der Waals surface area (Å²) in [6, 6.07) is 0. The summed E-state index contributed by atoms with van der Waals surface area (Å²) < 4.78 is 9.57. The number of ether oxygens (including phenoxy) is 2. The first-order chi connectivity index (χ1) is 6.11. The summed E-state index contributed by atoms with van der Waals surface area (Å²) >= 11 is 0. The zero-order chi connectivity index (χ0) is 9.84. The van der Waals surface area contributed by atoms with E-state index in [0.29, 0.717) is 0 Å². The van der Waals surface area contributed by atoms with E-state index >= 15 is 0 Å². The van der Waals surface area contributed by atoms with Crippen LogP contribution in [0.3, 0.4) is 0 Å². The fourth-order valence-electron chi connectivity index (χ4n) is 0.978. The number of aliphatic hydroxyl groups is 2. The van der Waals surface area contributed by atoms with Crippen molar-refractivity contribution in [3.8, 4) is 0 Å². The predicted molar refractivity (Wildman–Crippen MR) is 42.7 cm³/mol. The van der Waals surface area contributed by atoms with Gasteiger partial charge in [0.1, 0.15) is 18.8 Å². The Balaban J connectivity index is 2.42. The Bertz CT molecular complexity index is 213. The first kappa shape index (κ1) is 10.0. The topological polar surface area (TPSA) is 76.0 Å². The third-order valence-electron chi connectivity index (χ3n) is 1.71. The van der Waals surface area contributed by atoms with Gasteiger partial charge in [-0.3, -0.25) is 4.79 Å². The molecule has 1 aliphatic heterocycles. The van der Waals surface area contributed by atoms with E-state index in [1.165, 1.54) is 19.3 Å². The molecule has 0 unspecified atom stereocenters. The summed E-state index contributed by atoms with van der Waals surface area (Å²) in [4.78, 5) is 10.4. The molecule has 0 fully saturated rings. The molecule has 0 amide bonds. The number of hydrogen-bond donors (Lipinski definition) is 2. The number of carbonyl (C=O) groups excluding carboxylic acids is 1. The van der Waals surface area contributed by atoms with Crippen LogP contribution in [0.2, 0.25) is 0 Å².